The van der Waals surface area contributed by atoms with Gasteiger partial charge in [-0.15, -0.1) is 0 Å². The van der Waals surface area contributed by atoms with Gasteiger partial charge in [-0.2, -0.15) is 5.26 Å². The summed E-state index contributed by atoms with van der Waals surface area (Å²) < 4.78 is 0. The number of aliphatic imine (C=N–C) groups is 1. The number of rotatable bonds is 2. The van der Waals surface area contributed by atoms with E-state index in [0.29, 0.717) is 0 Å². The van der Waals surface area contributed by atoms with Crippen molar-refractivity contribution in [1.82, 2.24) is 10.2 Å². The van der Waals surface area contributed by atoms with Crippen LogP contribution >= 0.6 is 11.8 Å². The lowest BCUT2D eigenvalue weighted by atomic mass is 10.1. The molecule has 0 aromatic heterocycles. The summed E-state index contributed by atoms with van der Waals surface area (Å²) in [5, 5.41) is 12.8. The maximum Gasteiger partial charge on any atom is 0.266 e. The molecule has 0 spiro atoms. The van der Waals surface area contributed by atoms with Crippen molar-refractivity contribution < 1.29 is 4.79 Å². The van der Waals surface area contributed by atoms with Crippen LogP contribution in [0.25, 0.3) is 0 Å². The maximum atomic E-state index is 12.1. The zero-order valence-corrected chi connectivity index (χ0v) is 11.0. The van der Waals surface area contributed by atoms with Crippen LogP contribution in [-0.4, -0.2) is 41.4 Å². The smallest absolute Gasteiger partial charge is 0.266 e. The Labute approximate surface area is 111 Å². The van der Waals surface area contributed by atoms with E-state index in [1.54, 1.807) is 16.7 Å². The highest BCUT2D eigenvalue weighted by Gasteiger charge is 2.20. The molecule has 1 amide bonds. The van der Waals surface area contributed by atoms with Crippen molar-refractivity contribution in [3.05, 3.63) is 11.8 Å². The van der Waals surface area contributed by atoms with E-state index < -0.39 is 0 Å². The van der Waals surface area contributed by atoms with E-state index in [9.17, 15) is 4.79 Å². The molecule has 2 rings (SSSR count). The minimum atomic E-state index is -0.173. The summed E-state index contributed by atoms with van der Waals surface area (Å²) in [5.74, 6) is 0.784. The topological polar surface area (TPSA) is 68.5 Å². The molecule has 0 aromatic carbocycles. The van der Waals surface area contributed by atoms with Crippen molar-refractivity contribution in [1.29, 1.82) is 5.26 Å². The second-order valence-corrected chi connectivity index (χ2v) is 5.29. The highest BCUT2D eigenvalue weighted by molar-refractivity contribution is 8.14. The number of amidine groups is 1. The molecular formula is C12H16N4OS. The monoisotopic (exact) mass is 264 g/mol. The Kier molecular flexibility index (Phi) is 4.65. The summed E-state index contributed by atoms with van der Waals surface area (Å²) in [6, 6.07) is 1.97. The van der Waals surface area contributed by atoms with Crippen LogP contribution in [0.4, 0.5) is 0 Å². The van der Waals surface area contributed by atoms with Gasteiger partial charge in [-0.25, -0.2) is 0 Å². The Morgan fingerprint density at radius 2 is 2.22 bits per heavy atom. The Bertz CT molecular complexity index is 418. The second kappa shape index (κ2) is 6.45. The third-order valence-corrected chi connectivity index (χ3v) is 3.83. The molecule has 0 unspecified atom stereocenters. The summed E-state index contributed by atoms with van der Waals surface area (Å²) in [6.07, 6.45) is 4.70. The van der Waals surface area contributed by atoms with Gasteiger partial charge in [0.25, 0.3) is 5.91 Å². The molecule has 6 heteroatoms. The molecule has 2 aliphatic heterocycles. The number of nitrogens with zero attached hydrogens (tertiary/aromatic N) is 3. The SMILES string of the molecule is N#C/C(=C/NC1=NCCS1)C(=O)N1CCCCC1. The van der Waals surface area contributed by atoms with E-state index in [4.69, 9.17) is 5.26 Å². The van der Waals surface area contributed by atoms with Gasteiger partial charge >= 0.3 is 0 Å². The molecule has 0 aliphatic carbocycles. The van der Waals surface area contributed by atoms with E-state index in [1.807, 2.05) is 6.07 Å². The molecule has 96 valence electrons. The zero-order valence-electron chi connectivity index (χ0n) is 10.2. The Balaban J connectivity index is 1.96. The lowest BCUT2D eigenvalue weighted by Crippen LogP contribution is -2.36. The van der Waals surface area contributed by atoms with E-state index in [-0.39, 0.29) is 11.5 Å². The number of nitriles is 1. The first-order valence-electron chi connectivity index (χ1n) is 6.14. The third kappa shape index (κ3) is 3.26. The Hall–Kier alpha value is -1.48. The molecule has 0 saturated carbocycles. The van der Waals surface area contributed by atoms with Crippen molar-refractivity contribution in [2.45, 2.75) is 19.3 Å². The van der Waals surface area contributed by atoms with Crippen LogP contribution < -0.4 is 5.32 Å². The van der Waals surface area contributed by atoms with Crippen molar-refractivity contribution in [3.8, 4) is 6.07 Å². The highest BCUT2D eigenvalue weighted by Crippen LogP contribution is 2.12. The van der Waals surface area contributed by atoms with Gasteiger partial charge in [0.2, 0.25) is 0 Å². The van der Waals surface area contributed by atoms with E-state index in [0.717, 1.165) is 43.4 Å². The fourth-order valence-corrected chi connectivity index (χ4v) is 2.67. The summed E-state index contributed by atoms with van der Waals surface area (Å²) in [5.41, 5.74) is 0.159. The number of nitrogens with one attached hydrogen (secondary N) is 1. The fourth-order valence-electron chi connectivity index (χ4n) is 1.97. The molecule has 0 atom stereocenters. The summed E-state index contributed by atoms with van der Waals surface area (Å²) in [4.78, 5) is 18.0. The molecule has 2 aliphatic rings. The van der Waals surface area contributed by atoms with Gasteiger partial charge in [0, 0.05) is 25.0 Å². The van der Waals surface area contributed by atoms with Crippen molar-refractivity contribution in [2.75, 3.05) is 25.4 Å². The maximum absolute atomic E-state index is 12.1. The van der Waals surface area contributed by atoms with Crippen LogP contribution in [0.1, 0.15) is 19.3 Å². The minimum absolute atomic E-state index is 0.159. The van der Waals surface area contributed by atoms with Gasteiger partial charge in [-0.05, 0) is 19.3 Å². The number of hydrogen-bond donors (Lipinski definition) is 1. The van der Waals surface area contributed by atoms with Crippen molar-refractivity contribution >= 4 is 22.8 Å². The molecule has 0 radical (unpaired) electrons. The molecule has 1 N–H and O–H groups in total. The summed E-state index contributed by atoms with van der Waals surface area (Å²) in [7, 11) is 0. The zero-order chi connectivity index (χ0) is 12.8. The number of hydrogen-bond acceptors (Lipinski definition) is 5. The quantitative estimate of drug-likeness (QED) is 0.599. The first kappa shape index (κ1) is 13.0. The lowest BCUT2D eigenvalue weighted by molar-refractivity contribution is -0.127. The standard InChI is InChI=1S/C12H16N4OS/c13-8-10(9-15-12-14-4-7-18-12)11(17)16-5-2-1-3-6-16/h9H,1-7H2,(H,14,15)/b10-9-. The van der Waals surface area contributed by atoms with Crippen LogP contribution in [0.3, 0.4) is 0 Å². The number of carbonyl (C=O) groups excluding carboxylic acids is 1. The summed E-state index contributed by atoms with van der Waals surface area (Å²) >= 11 is 1.60. The normalized spacial score (nSPS) is 20.3. The molecule has 18 heavy (non-hydrogen) atoms. The minimum Gasteiger partial charge on any atom is -0.340 e. The van der Waals surface area contributed by atoms with Gasteiger partial charge in [-0.1, -0.05) is 11.8 Å². The number of likely N-dealkylation sites (tertiary alicyclic amines) is 1. The average molecular weight is 264 g/mol. The predicted octanol–water partition coefficient (Wildman–Crippen LogP) is 1.10. The van der Waals surface area contributed by atoms with E-state index in [1.165, 1.54) is 12.6 Å². The highest BCUT2D eigenvalue weighted by atomic mass is 32.2. The molecule has 0 bridgehead atoms. The second-order valence-electron chi connectivity index (χ2n) is 4.20. The predicted molar refractivity (Wildman–Crippen MR) is 72.0 cm³/mol. The third-order valence-electron chi connectivity index (χ3n) is 2.92. The number of thioether (sulfide) groups is 1. The van der Waals surface area contributed by atoms with Gasteiger partial charge < -0.3 is 10.2 Å². The Morgan fingerprint density at radius 1 is 1.44 bits per heavy atom. The molecule has 2 heterocycles. The van der Waals surface area contributed by atoms with Crippen LogP contribution in [0.5, 0.6) is 0 Å². The molecule has 0 aromatic rings. The molecule has 1 saturated heterocycles. The van der Waals surface area contributed by atoms with Crippen LogP contribution in [0.15, 0.2) is 16.8 Å². The first-order chi connectivity index (χ1) is 8.81. The van der Waals surface area contributed by atoms with Gasteiger partial charge in [0.05, 0.1) is 6.54 Å². The lowest BCUT2D eigenvalue weighted by Gasteiger charge is -2.26. The fraction of sp³-hybridized carbons (Fsp3) is 0.583. The number of piperidine rings is 1. The van der Waals surface area contributed by atoms with Crippen LogP contribution in [-0.2, 0) is 4.79 Å². The van der Waals surface area contributed by atoms with Gasteiger partial charge in [0.1, 0.15) is 11.6 Å². The summed E-state index contributed by atoms with van der Waals surface area (Å²) in [6.45, 7) is 2.31. The van der Waals surface area contributed by atoms with Crippen molar-refractivity contribution in [3.63, 3.8) is 0 Å². The molecule has 1 fully saturated rings. The van der Waals surface area contributed by atoms with Crippen molar-refractivity contribution in [2.24, 2.45) is 4.99 Å². The van der Waals surface area contributed by atoms with E-state index in [2.05, 4.69) is 10.3 Å². The van der Waals surface area contributed by atoms with Crippen LogP contribution in [0.2, 0.25) is 0 Å². The number of carbonyl (C=O) groups is 1. The van der Waals surface area contributed by atoms with Gasteiger partial charge in [0.15, 0.2) is 5.17 Å². The van der Waals surface area contributed by atoms with Crippen LogP contribution in [0, 0.1) is 11.3 Å². The van der Waals surface area contributed by atoms with E-state index >= 15 is 0 Å². The number of amides is 1. The molecular weight excluding hydrogens is 248 g/mol. The Morgan fingerprint density at radius 3 is 2.83 bits per heavy atom. The largest absolute Gasteiger partial charge is 0.340 e. The first-order valence-corrected chi connectivity index (χ1v) is 7.13. The van der Waals surface area contributed by atoms with Gasteiger partial charge in [-0.3, -0.25) is 9.79 Å². The average Bonchev–Trinajstić information content (AvgIpc) is 2.93. The molecule has 5 nitrogen and oxygen atoms in total.